The smallest absolute Gasteiger partial charge is 0.264 e. The first-order chi connectivity index (χ1) is 19.9. The summed E-state index contributed by atoms with van der Waals surface area (Å²) in [6.45, 7) is 5.43. The molecule has 0 spiro atoms. The van der Waals surface area contributed by atoms with Gasteiger partial charge in [0.15, 0.2) is 0 Å². The molecular formula is C30H30FN3O6S2. The predicted molar refractivity (Wildman–Crippen MR) is 160 cm³/mol. The number of ether oxygens (including phenoxy) is 1. The van der Waals surface area contributed by atoms with E-state index in [0.717, 1.165) is 39.7 Å². The SMILES string of the molecule is CCOc1ccc(N(CC(=O)Nc2ccc(S(=O)(=O)Nc3ccc(C)c(C)c3)cc2)S(=O)(=O)c2ccc(F)cc2)cc1. The average Bonchev–Trinajstić information content (AvgIpc) is 2.95. The lowest BCUT2D eigenvalue weighted by Crippen LogP contribution is -2.38. The van der Waals surface area contributed by atoms with Gasteiger partial charge in [-0.25, -0.2) is 21.2 Å². The largest absolute Gasteiger partial charge is 0.494 e. The van der Waals surface area contributed by atoms with E-state index < -0.39 is 38.3 Å². The zero-order valence-corrected chi connectivity index (χ0v) is 24.8. The third-order valence-corrected chi connectivity index (χ3v) is 9.52. The number of carbonyl (C=O) groups is 1. The molecule has 0 aliphatic carbocycles. The lowest BCUT2D eigenvalue weighted by molar-refractivity contribution is -0.114. The number of hydrogen-bond acceptors (Lipinski definition) is 6. The van der Waals surface area contributed by atoms with E-state index in [2.05, 4.69) is 10.0 Å². The van der Waals surface area contributed by atoms with E-state index >= 15 is 0 Å². The normalized spacial score (nSPS) is 11.5. The second kappa shape index (κ2) is 12.6. The Morgan fingerprint density at radius 1 is 0.786 bits per heavy atom. The van der Waals surface area contributed by atoms with E-state index in [1.165, 1.54) is 36.4 Å². The van der Waals surface area contributed by atoms with Gasteiger partial charge in [0.05, 0.1) is 22.1 Å². The van der Waals surface area contributed by atoms with Crippen LogP contribution in [0.1, 0.15) is 18.1 Å². The lowest BCUT2D eigenvalue weighted by atomic mass is 10.1. The fourth-order valence-electron chi connectivity index (χ4n) is 3.99. The van der Waals surface area contributed by atoms with E-state index in [0.29, 0.717) is 18.0 Å². The van der Waals surface area contributed by atoms with Crippen molar-refractivity contribution in [3.05, 3.63) is 108 Å². The van der Waals surface area contributed by atoms with Crippen LogP contribution in [0.25, 0.3) is 0 Å². The van der Waals surface area contributed by atoms with Gasteiger partial charge >= 0.3 is 0 Å². The van der Waals surface area contributed by atoms with Gasteiger partial charge in [-0.05, 0) is 117 Å². The van der Waals surface area contributed by atoms with Crippen molar-refractivity contribution >= 4 is 43.0 Å². The first kappa shape index (κ1) is 30.5. The van der Waals surface area contributed by atoms with E-state index in [1.54, 1.807) is 24.3 Å². The van der Waals surface area contributed by atoms with Crippen molar-refractivity contribution in [3.63, 3.8) is 0 Å². The summed E-state index contributed by atoms with van der Waals surface area (Å²) in [4.78, 5) is 12.8. The lowest BCUT2D eigenvalue weighted by Gasteiger charge is -2.24. The number of anilines is 3. The monoisotopic (exact) mass is 611 g/mol. The van der Waals surface area contributed by atoms with Crippen LogP contribution in [-0.2, 0) is 24.8 Å². The molecule has 0 unspecified atom stereocenters. The van der Waals surface area contributed by atoms with E-state index in [9.17, 15) is 26.0 Å². The summed E-state index contributed by atoms with van der Waals surface area (Å²) in [5.41, 5.74) is 2.85. The standard InChI is InChI=1S/C30H30FN3O6S2/c1-4-40-27-13-11-26(12-14-27)34(42(38,39)29-15-6-23(31)7-16-29)20-30(35)32-24-9-17-28(18-10-24)41(36,37)33-25-8-5-21(2)22(3)19-25/h5-19,33H,4,20H2,1-3H3,(H,32,35). The van der Waals surface area contributed by atoms with Gasteiger partial charge in [-0.3, -0.25) is 13.8 Å². The zero-order chi connectivity index (χ0) is 30.5. The van der Waals surface area contributed by atoms with Gasteiger partial charge in [-0.15, -0.1) is 0 Å². The van der Waals surface area contributed by atoms with Crippen molar-refractivity contribution in [2.75, 3.05) is 27.5 Å². The van der Waals surface area contributed by atoms with Gasteiger partial charge in [0.25, 0.3) is 20.0 Å². The molecular weight excluding hydrogens is 581 g/mol. The predicted octanol–water partition coefficient (Wildman–Crippen LogP) is 5.48. The topological polar surface area (TPSA) is 122 Å². The third kappa shape index (κ3) is 7.25. The Morgan fingerprint density at radius 2 is 1.38 bits per heavy atom. The van der Waals surface area contributed by atoms with Crippen molar-refractivity contribution in [3.8, 4) is 5.75 Å². The molecule has 0 aliphatic rings. The fourth-order valence-corrected chi connectivity index (χ4v) is 6.46. The van der Waals surface area contributed by atoms with Crippen molar-refractivity contribution in [1.82, 2.24) is 0 Å². The Balaban J connectivity index is 1.53. The number of rotatable bonds is 11. The first-order valence-corrected chi connectivity index (χ1v) is 15.8. The van der Waals surface area contributed by atoms with Crippen LogP contribution < -0.4 is 19.1 Å². The number of hydrogen-bond donors (Lipinski definition) is 2. The number of aryl methyl sites for hydroxylation is 2. The highest BCUT2D eigenvalue weighted by molar-refractivity contribution is 7.93. The summed E-state index contributed by atoms with van der Waals surface area (Å²) in [7, 11) is -8.16. The molecule has 4 aromatic carbocycles. The molecule has 12 heteroatoms. The van der Waals surface area contributed by atoms with E-state index in [1.807, 2.05) is 26.8 Å². The van der Waals surface area contributed by atoms with Crippen LogP contribution in [0.15, 0.2) is 101 Å². The molecule has 0 saturated heterocycles. The molecule has 0 bridgehead atoms. The van der Waals surface area contributed by atoms with E-state index in [4.69, 9.17) is 4.74 Å². The quantitative estimate of drug-likeness (QED) is 0.232. The van der Waals surface area contributed by atoms with Gasteiger partial charge in [0.1, 0.15) is 18.1 Å². The second-order valence-electron chi connectivity index (χ2n) is 9.37. The molecule has 0 saturated carbocycles. The maximum Gasteiger partial charge on any atom is 0.264 e. The second-order valence-corrected chi connectivity index (χ2v) is 12.9. The summed E-state index contributed by atoms with van der Waals surface area (Å²) in [6.07, 6.45) is 0. The number of benzene rings is 4. The molecule has 0 aromatic heterocycles. The molecule has 9 nitrogen and oxygen atoms in total. The van der Waals surface area contributed by atoms with Crippen LogP contribution in [-0.4, -0.2) is 35.9 Å². The number of nitrogens with zero attached hydrogens (tertiary/aromatic N) is 1. The van der Waals surface area contributed by atoms with Gasteiger partial charge in [0, 0.05) is 11.4 Å². The molecule has 220 valence electrons. The van der Waals surface area contributed by atoms with Crippen molar-refractivity contribution in [2.24, 2.45) is 0 Å². The average molecular weight is 612 g/mol. The van der Waals surface area contributed by atoms with Crippen LogP contribution in [0, 0.1) is 19.7 Å². The van der Waals surface area contributed by atoms with Crippen LogP contribution in [0.2, 0.25) is 0 Å². The Kier molecular flexibility index (Phi) is 9.17. The molecule has 0 aliphatic heterocycles. The molecule has 0 radical (unpaired) electrons. The highest BCUT2D eigenvalue weighted by atomic mass is 32.2. The van der Waals surface area contributed by atoms with Gasteiger partial charge in [0.2, 0.25) is 5.91 Å². The van der Waals surface area contributed by atoms with Gasteiger partial charge < -0.3 is 10.1 Å². The molecule has 4 aromatic rings. The molecule has 0 heterocycles. The molecule has 2 N–H and O–H groups in total. The summed E-state index contributed by atoms with van der Waals surface area (Å²) in [5, 5.41) is 2.60. The van der Waals surface area contributed by atoms with Crippen LogP contribution in [0.4, 0.5) is 21.5 Å². The number of carbonyl (C=O) groups excluding carboxylic acids is 1. The maximum atomic E-state index is 13.5. The van der Waals surface area contributed by atoms with Crippen molar-refractivity contribution in [1.29, 1.82) is 0 Å². The summed E-state index contributed by atoms with van der Waals surface area (Å²) in [5.74, 6) is -0.765. The van der Waals surface area contributed by atoms with Crippen LogP contribution >= 0.6 is 0 Å². The number of halogens is 1. The minimum Gasteiger partial charge on any atom is -0.494 e. The number of sulfonamides is 2. The number of nitrogens with one attached hydrogen (secondary N) is 2. The molecule has 1 amide bonds. The Hall–Kier alpha value is -4.42. The zero-order valence-electron chi connectivity index (χ0n) is 23.2. The highest BCUT2D eigenvalue weighted by Crippen LogP contribution is 2.27. The van der Waals surface area contributed by atoms with Crippen LogP contribution in [0.5, 0.6) is 5.75 Å². The summed E-state index contributed by atoms with van der Waals surface area (Å²) >= 11 is 0. The molecule has 4 rings (SSSR count). The third-order valence-electron chi connectivity index (χ3n) is 6.33. The summed E-state index contributed by atoms with van der Waals surface area (Å²) in [6, 6.07) is 21.1. The Bertz CT molecular complexity index is 1780. The van der Waals surface area contributed by atoms with Crippen LogP contribution in [0.3, 0.4) is 0 Å². The Labute approximate surface area is 245 Å². The minimum atomic E-state index is -4.27. The molecule has 0 atom stereocenters. The molecule has 42 heavy (non-hydrogen) atoms. The maximum absolute atomic E-state index is 13.5. The molecule has 0 fully saturated rings. The highest BCUT2D eigenvalue weighted by Gasteiger charge is 2.27. The summed E-state index contributed by atoms with van der Waals surface area (Å²) < 4.78 is 75.1. The Morgan fingerprint density at radius 3 is 1.98 bits per heavy atom. The minimum absolute atomic E-state index is 0.0198. The van der Waals surface area contributed by atoms with Gasteiger partial charge in [-0.1, -0.05) is 6.07 Å². The first-order valence-electron chi connectivity index (χ1n) is 12.9. The van der Waals surface area contributed by atoms with Gasteiger partial charge in [-0.2, -0.15) is 0 Å². The number of amides is 1. The van der Waals surface area contributed by atoms with E-state index in [-0.39, 0.29) is 21.2 Å². The van der Waals surface area contributed by atoms with Crippen molar-refractivity contribution in [2.45, 2.75) is 30.6 Å². The fraction of sp³-hybridized carbons (Fsp3) is 0.167. The van der Waals surface area contributed by atoms with Crippen molar-refractivity contribution < 1.29 is 30.8 Å².